The molecule has 1 fully saturated rings. The first kappa shape index (κ1) is 20.8. The fourth-order valence-corrected chi connectivity index (χ4v) is 4.66. The van der Waals surface area contributed by atoms with Crippen LogP contribution in [0.4, 0.5) is 11.5 Å². The number of hydrogen-bond donors (Lipinski definition) is 2. The first-order chi connectivity index (χ1) is 15.8. The number of nitrogens with two attached hydrogens (primary N) is 1. The van der Waals surface area contributed by atoms with Gasteiger partial charge in [0.05, 0.1) is 16.1 Å². The van der Waals surface area contributed by atoms with Gasteiger partial charge in [-0.2, -0.15) is 0 Å². The van der Waals surface area contributed by atoms with E-state index < -0.39 is 10.5 Å². The average molecular weight is 443 g/mol. The molecule has 0 atom stereocenters. The SMILES string of the molecule is CC1(O)CC(c2nc(-c3ccc(-c4ccccc4C=O)c([N+](=O)[O-])c3)c3c(N)nccn23)C1. The van der Waals surface area contributed by atoms with Crippen molar-refractivity contribution in [2.75, 3.05) is 5.73 Å². The number of imidazole rings is 1. The van der Waals surface area contributed by atoms with Gasteiger partial charge in [-0.25, -0.2) is 9.97 Å². The maximum Gasteiger partial charge on any atom is 0.277 e. The van der Waals surface area contributed by atoms with E-state index in [4.69, 9.17) is 10.7 Å². The number of fused-ring (bicyclic) bond motifs is 1. The molecule has 5 rings (SSSR count). The number of carbonyl (C=O) groups excluding carboxylic acids is 1. The smallest absolute Gasteiger partial charge is 0.277 e. The topological polar surface area (TPSA) is 137 Å². The minimum atomic E-state index is -0.734. The molecule has 1 aliphatic carbocycles. The Labute approximate surface area is 188 Å². The van der Waals surface area contributed by atoms with Crippen LogP contribution >= 0.6 is 0 Å². The molecule has 0 bridgehead atoms. The predicted octanol–water partition coefficient (Wildman–Crippen LogP) is 3.99. The molecule has 9 nitrogen and oxygen atoms in total. The fraction of sp³-hybridized carbons (Fsp3) is 0.208. The van der Waals surface area contributed by atoms with Crippen molar-refractivity contribution in [1.29, 1.82) is 0 Å². The molecule has 0 amide bonds. The van der Waals surface area contributed by atoms with Crippen LogP contribution in [0, 0.1) is 10.1 Å². The molecule has 0 saturated heterocycles. The summed E-state index contributed by atoms with van der Waals surface area (Å²) in [5, 5.41) is 22.2. The number of aliphatic hydroxyl groups is 1. The molecule has 2 heterocycles. The molecule has 0 unspecified atom stereocenters. The molecular weight excluding hydrogens is 422 g/mol. The number of aromatic nitrogens is 3. The quantitative estimate of drug-likeness (QED) is 0.270. The van der Waals surface area contributed by atoms with Crippen LogP contribution in [0.25, 0.3) is 27.9 Å². The van der Waals surface area contributed by atoms with Gasteiger partial charge < -0.3 is 10.8 Å². The van der Waals surface area contributed by atoms with Gasteiger partial charge in [0.1, 0.15) is 22.9 Å². The van der Waals surface area contributed by atoms with Gasteiger partial charge in [-0.1, -0.05) is 30.3 Å². The van der Waals surface area contributed by atoms with Crippen molar-refractivity contribution in [3.05, 3.63) is 76.4 Å². The molecule has 33 heavy (non-hydrogen) atoms. The summed E-state index contributed by atoms with van der Waals surface area (Å²) in [6, 6.07) is 11.6. The number of hydrogen-bond acceptors (Lipinski definition) is 7. The van der Waals surface area contributed by atoms with Crippen molar-refractivity contribution in [3.8, 4) is 22.4 Å². The second-order valence-electron chi connectivity index (χ2n) is 8.65. The maximum absolute atomic E-state index is 12.0. The van der Waals surface area contributed by atoms with E-state index in [2.05, 4.69) is 4.98 Å². The molecule has 1 saturated carbocycles. The van der Waals surface area contributed by atoms with Crippen LogP contribution in [0.5, 0.6) is 0 Å². The number of aldehydes is 1. The molecule has 0 spiro atoms. The molecule has 1 aliphatic rings. The Bertz CT molecular complexity index is 1420. The Morgan fingerprint density at radius 1 is 1.24 bits per heavy atom. The lowest BCUT2D eigenvalue weighted by Crippen LogP contribution is -2.40. The maximum atomic E-state index is 12.0. The third-order valence-electron chi connectivity index (χ3n) is 6.19. The molecule has 2 aromatic carbocycles. The third-order valence-corrected chi connectivity index (χ3v) is 6.19. The number of nitrogen functional groups attached to an aromatic ring is 1. The highest BCUT2D eigenvalue weighted by atomic mass is 16.6. The Morgan fingerprint density at radius 3 is 2.70 bits per heavy atom. The van der Waals surface area contributed by atoms with Gasteiger partial charge in [-0.05, 0) is 31.4 Å². The lowest BCUT2D eigenvalue weighted by Gasteiger charge is -2.40. The lowest BCUT2D eigenvalue weighted by molar-refractivity contribution is -0.384. The summed E-state index contributed by atoms with van der Waals surface area (Å²) in [4.78, 5) is 32.0. The van der Waals surface area contributed by atoms with Crippen LogP contribution in [-0.2, 0) is 0 Å². The molecule has 9 heteroatoms. The lowest BCUT2D eigenvalue weighted by atomic mass is 9.72. The number of benzene rings is 2. The van der Waals surface area contributed by atoms with Crippen molar-refractivity contribution < 1.29 is 14.8 Å². The van der Waals surface area contributed by atoms with E-state index in [1.165, 1.54) is 6.07 Å². The summed E-state index contributed by atoms with van der Waals surface area (Å²) in [6.45, 7) is 1.79. The van der Waals surface area contributed by atoms with Crippen molar-refractivity contribution in [2.24, 2.45) is 0 Å². The highest BCUT2D eigenvalue weighted by Gasteiger charge is 2.41. The first-order valence-electron chi connectivity index (χ1n) is 10.5. The van der Waals surface area contributed by atoms with E-state index in [-0.39, 0.29) is 17.4 Å². The minimum absolute atomic E-state index is 0.0387. The second kappa shape index (κ2) is 7.49. The summed E-state index contributed by atoms with van der Waals surface area (Å²) in [7, 11) is 0. The summed E-state index contributed by atoms with van der Waals surface area (Å²) >= 11 is 0. The highest BCUT2D eigenvalue weighted by Crippen LogP contribution is 2.45. The fourth-order valence-electron chi connectivity index (χ4n) is 4.66. The normalized spacial score (nSPS) is 19.9. The number of nitro groups is 1. The van der Waals surface area contributed by atoms with Crippen LogP contribution in [0.15, 0.2) is 54.9 Å². The van der Waals surface area contributed by atoms with Crippen molar-refractivity contribution in [2.45, 2.75) is 31.3 Å². The summed E-state index contributed by atoms with van der Waals surface area (Å²) in [6.07, 6.45) is 5.15. The molecular formula is C24H21N5O4. The zero-order valence-corrected chi connectivity index (χ0v) is 17.8. The van der Waals surface area contributed by atoms with E-state index >= 15 is 0 Å². The van der Waals surface area contributed by atoms with Gasteiger partial charge in [0.2, 0.25) is 0 Å². The van der Waals surface area contributed by atoms with E-state index in [9.17, 15) is 20.0 Å². The Hall–Kier alpha value is -4.11. The summed E-state index contributed by atoms with van der Waals surface area (Å²) < 4.78 is 1.85. The van der Waals surface area contributed by atoms with Gasteiger partial charge in [0.15, 0.2) is 6.29 Å². The monoisotopic (exact) mass is 443 g/mol. The van der Waals surface area contributed by atoms with Crippen LogP contribution in [0.2, 0.25) is 0 Å². The van der Waals surface area contributed by atoms with Crippen LogP contribution in [0.3, 0.4) is 0 Å². The van der Waals surface area contributed by atoms with E-state index in [0.717, 1.165) is 5.82 Å². The molecule has 0 aliphatic heterocycles. The predicted molar refractivity (Wildman–Crippen MR) is 123 cm³/mol. The Kier molecular flexibility index (Phi) is 4.71. The zero-order chi connectivity index (χ0) is 23.3. The zero-order valence-electron chi connectivity index (χ0n) is 17.8. The van der Waals surface area contributed by atoms with E-state index in [0.29, 0.717) is 52.6 Å². The molecule has 3 N–H and O–H groups in total. The number of nitro benzene ring substituents is 1. The molecule has 0 radical (unpaired) electrons. The third kappa shape index (κ3) is 3.42. The van der Waals surface area contributed by atoms with Gasteiger partial charge in [0, 0.05) is 35.5 Å². The van der Waals surface area contributed by atoms with Gasteiger partial charge in [-0.15, -0.1) is 0 Å². The molecule has 2 aromatic heterocycles. The summed E-state index contributed by atoms with van der Waals surface area (Å²) in [5.41, 5.74) is 8.07. The standard InChI is InChI=1S/C24H21N5O4/c1-24(31)11-16(12-24)23-27-20(21-22(25)26-8-9-28(21)23)14-6-7-18(19(10-14)29(32)33)17-5-3-2-4-15(17)13-30/h2-10,13,16,31H,11-12H2,1H3,(H2,25,26). The van der Waals surface area contributed by atoms with Gasteiger partial charge in [0.25, 0.3) is 5.69 Å². The van der Waals surface area contributed by atoms with Crippen LogP contribution in [0.1, 0.15) is 41.9 Å². The number of carbonyl (C=O) groups is 1. The summed E-state index contributed by atoms with van der Waals surface area (Å²) in [5.74, 6) is 1.03. The first-order valence-corrected chi connectivity index (χ1v) is 10.5. The van der Waals surface area contributed by atoms with Gasteiger partial charge >= 0.3 is 0 Å². The number of nitrogens with zero attached hydrogens (tertiary/aromatic N) is 4. The second-order valence-corrected chi connectivity index (χ2v) is 8.65. The van der Waals surface area contributed by atoms with Crippen molar-refractivity contribution in [3.63, 3.8) is 0 Å². The van der Waals surface area contributed by atoms with Crippen LogP contribution in [-0.4, -0.2) is 36.3 Å². The molecule has 166 valence electrons. The average Bonchev–Trinajstić information content (AvgIpc) is 3.17. The van der Waals surface area contributed by atoms with Crippen LogP contribution < -0.4 is 5.73 Å². The molecule has 4 aromatic rings. The largest absolute Gasteiger partial charge is 0.390 e. The highest BCUT2D eigenvalue weighted by molar-refractivity contribution is 5.92. The van der Waals surface area contributed by atoms with Crippen molar-refractivity contribution >= 4 is 23.3 Å². The minimum Gasteiger partial charge on any atom is -0.390 e. The van der Waals surface area contributed by atoms with Gasteiger partial charge in [-0.3, -0.25) is 19.3 Å². The Morgan fingerprint density at radius 2 is 2.00 bits per heavy atom. The van der Waals surface area contributed by atoms with E-state index in [1.54, 1.807) is 55.7 Å². The number of rotatable bonds is 5. The van der Waals surface area contributed by atoms with E-state index in [1.807, 2.05) is 4.40 Å². The Balaban J connectivity index is 1.69. The number of anilines is 1. The van der Waals surface area contributed by atoms with Crippen molar-refractivity contribution in [1.82, 2.24) is 14.4 Å².